The van der Waals surface area contributed by atoms with Crippen LogP contribution in [0.5, 0.6) is 0 Å². The van der Waals surface area contributed by atoms with Crippen molar-refractivity contribution in [2.45, 2.75) is 26.7 Å². The van der Waals surface area contributed by atoms with Gasteiger partial charge in [-0.2, -0.15) is 0 Å². The third kappa shape index (κ3) is 5.41. The Morgan fingerprint density at radius 2 is 1.52 bits per heavy atom. The van der Waals surface area contributed by atoms with Crippen molar-refractivity contribution in [1.82, 2.24) is 19.9 Å². The summed E-state index contributed by atoms with van der Waals surface area (Å²) in [7, 11) is 14.8. The van der Waals surface area contributed by atoms with E-state index in [-0.39, 0.29) is 0 Å². The summed E-state index contributed by atoms with van der Waals surface area (Å²) in [5.41, 5.74) is 6.78. The van der Waals surface area contributed by atoms with E-state index in [4.69, 9.17) is 30.1 Å². The van der Waals surface area contributed by atoms with E-state index in [1.54, 1.807) is 0 Å². The summed E-state index contributed by atoms with van der Waals surface area (Å²) in [4.78, 5) is 16.1. The molecule has 0 aliphatic rings. The second kappa shape index (κ2) is 9.32. The number of nitrogens with one attached hydrogen (secondary N) is 2. The van der Waals surface area contributed by atoms with Gasteiger partial charge in [0.2, 0.25) is 0 Å². The van der Waals surface area contributed by atoms with Gasteiger partial charge in [-0.15, -0.1) is 12.8 Å². The van der Waals surface area contributed by atoms with Gasteiger partial charge in [0.1, 0.15) is 0 Å². The molecule has 0 radical (unpaired) electrons. The molecule has 0 unspecified atom stereocenters. The van der Waals surface area contributed by atoms with Crippen LogP contribution in [-0.4, -0.2) is 19.9 Å². The number of imidazole rings is 2. The number of rotatable bonds is 4. The first-order chi connectivity index (χ1) is 12.9. The number of halogens is 3. The van der Waals surface area contributed by atoms with Gasteiger partial charge in [0.25, 0.3) is 0 Å². The van der Waals surface area contributed by atoms with Crippen molar-refractivity contribution in [3.63, 3.8) is 0 Å². The van der Waals surface area contributed by atoms with Crippen LogP contribution < -0.4 is 0 Å². The number of fused-ring (bicyclic) bond motifs is 2. The predicted octanol–water partition coefficient (Wildman–Crippen LogP) is 6.11. The molecule has 0 aliphatic carbocycles. The third-order valence-electron chi connectivity index (χ3n) is 4.21. The number of benzene rings is 2. The number of hydrogen-bond donors (Lipinski definition) is 2. The Labute approximate surface area is 175 Å². The van der Waals surface area contributed by atoms with Gasteiger partial charge >= 0.3 is 41.5 Å². The number of H-pyrrole nitrogens is 2. The van der Waals surface area contributed by atoms with E-state index in [1.165, 1.54) is 11.1 Å². The Hall–Kier alpha value is -1.22. The molecular weight excluding hydrogens is 443 g/mol. The molecule has 2 heterocycles. The fraction of sp³-hybridized carbons (Fsp3) is 0.211. The van der Waals surface area contributed by atoms with E-state index in [0.717, 1.165) is 46.6 Å². The molecule has 142 valence electrons. The molecule has 2 aromatic carbocycles. The average Bonchev–Trinajstić information content (AvgIpc) is 3.20. The number of nitrogens with zero attached hydrogens (tertiary/aromatic N) is 2. The Morgan fingerprint density at radius 1 is 0.889 bits per heavy atom. The van der Waals surface area contributed by atoms with Crippen molar-refractivity contribution in [1.29, 1.82) is 0 Å². The molecule has 4 aromatic rings. The number of hydrogen-bond acceptors (Lipinski definition) is 2. The van der Waals surface area contributed by atoms with Crippen LogP contribution in [0.1, 0.15) is 22.8 Å². The summed E-state index contributed by atoms with van der Waals surface area (Å²) in [6.45, 7) is 4.19. The van der Waals surface area contributed by atoms with E-state index in [2.05, 4.69) is 64.5 Å². The van der Waals surface area contributed by atoms with Crippen molar-refractivity contribution >= 4 is 52.2 Å². The fourth-order valence-corrected chi connectivity index (χ4v) is 2.99. The Bertz CT molecular complexity index is 959. The molecule has 8 heteroatoms. The summed E-state index contributed by atoms with van der Waals surface area (Å²) >= 11 is -1.62. The van der Waals surface area contributed by atoms with Crippen LogP contribution in [0.3, 0.4) is 0 Å². The minimum atomic E-state index is -1.62. The molecule has 0 saturated carbocycles. The first kappa shape index (κ1) is 20.5. The van der Waals surface area contributed by atoms with Gasteiger partial charge in [-0.1, -0.05) is 24.3 Å². The van der Waals surface area contributed by atoms with Gasteiger partial charge in [-0.25, -0.2) is 9.97 Å². The average molecular weight is 462 g/mol. The maximum atomic E-state index is 4.93. The van der Waals surface area contributed by atoms with E-state index in [1.807, 2.05) is 12.1 Å². The van der Waals surface area contributed by atoms with Crippen molar-refractivity contribution < 1.29 is 11.4 Å². The van der Waals surface area contributed by atoms with Crippen molar-refractivity contribution in [2.75, 3.05) is 0 Å². The van der Waals surface area contributed by atoms with Crippen LogP contribution in [0.25, 0.3) is 22.1 Å². The summed E-state index contributed by atoms with van der Waals surface area (Å²) in [6, 6.07) is 12.4. The first-order valence-corrected chi connectivity index (χ1v) is 13.6. The number of aromatic amines is 2. The van der Waals surface area contributed by atoms with Gasteiger partial charge in [0.15, 0.2) is 0 Å². The number of aryl methyl sites for hydroxylation is 2. The third-order valence-corrected chi connectivity index (χ3v) is 4.21. The molecule has 0 fully saturated rings. The van der Waals surface area contributed by atoms with E-state index in [0.29, 0.717) is 0 Å². The zero-order valence-corrected chi connectivity index (χ0v) is 18.4. The van der Waals surface area contributed by atoms with Crippen LogP contribution in [0, 0.1) is 20.3 Å². The van der Waals surface area contributed by atoms with Crippen LogP contribution >= 0.6 is 30.1 Å². The van der Waals surface area contributed by atoms with Crippen LogP contribution in [0.15, 0.2) is 36.4 Å². The summed E-state index contributed by atoms with van der Waals surface area (Å²) in [5.74, 6) is 2.00. The maximum absolute atomic E-state index is 4.93. The zero-order valence-electron chi connectivity index (χ0n) is 14.9. The standard InChI is InChI=1S/C19H19N4.3ClH.Cr/c1-12-6-3-8-14-18(12)22-16(20-14)10-5-11-17-21-15-9-4-7-13(2)19(15)23-17;;;;/h3-9H,10-11H2,1-2H3,(H,20,22)(H,21,23);3*1H;/q-1;;;;+4/p-3. The molecule has 0 amide bonds. The molecular formula is C19H19Cl3CrN4. The van der Waals surface area contributed by atoms with Gasteiger partial charge in [0, 0.05) is 0 Å². The monoisotopic (exact) mass is 460 g/mol. The molecule has 2 N–H and O–H groups in total. The second-order valence-corrected chi connectivity index (χ2v) is 12.5. The van der Waals surface area contributed by atoms with Crippen molar-refractivity contribution in [3.8, 4) is 0 Å². The number of aromatic nitrogens is 4. The molecule has 4 rings (SSSR count). The van der Waals surface area contributed by atoms with Crippen LogP contribution in [0.2, 0.25) is 0 Å². The molecule has 27 heavy (non-hydrogen) atoms. The van der Waals surface area contributed by atoms with E-state index < -0.39 is 11.4 Å². The van der Waals surface area contributed by atoms with E-state index in [9.17, 15) is 0 Å². The summed E-state index contributed by atoms with van der Waals surface area (Å²) in [6.07, 6.45) is 3.83. The quantitative estimate of drug-likeness (QED) is 0.360. The molecule has 0 aliphatic heterocycles. The molecule has 0 spiro atoms. The summed E-state index contributed by atoms with van der Waals surface area (Å²) < 4.78 is 0. The molecule has 0 bridgehead atoms. The van der Waals surface area contributed by atoms with Crippen LogP contribution in [-0.2, 0) is 24.2 Å². The molecule has 2 aromatic heterocycles. The van der Waals surface area contributed by atoms with Crippen LogP contribution in [0.4, 0.5) is 0 Å². The zero-order chi connectivity index (χ0) is 19.4. The number of para-hydroxylation sites is 2. The SMILES string of the molecule is Cc1cccc2[nH]c(C[CH-]Cc3nc4cccc(C)c4[nH]3)nc12.[Cl][Cr+]([Cl])[Cl]. The topological polar surface area (TPSA) is 57.4 Å². The fourth-order valence-electron chi connectivity index (χ4n) is 2.99. The van der Waals surface area contributed by atoms with Gasteiger partial charge in [0.05, 0.1) is 33.7 Å². The van der Waals surface area contributed by atoms with Crippen molar-refractivity contribution in [2.24, 2.45) is 0 Å². The molecule has 4 nitrogen and oxygen atoms in total. The predicted molar refractivity (Wildman–Crippen MR) is 111 cm³/mol. The minimum absolute atomic E-state index is 0.810. The Morgan fingerprint density at radius 3 is 2.19 bits per heavy atom. The Kier molecular flexibility index (Phi) is 7.08. The van der Waals surface area contributed by atoms with Gasteiger partial charge < -0.3 is 16.4 Å². The Balaban J connectivity index is 0.000000481. The van der Waals surface area contributed by atoms with Gasteiger partial charge in [-0.05, 0) is 37.1 Å². The molecule has 0 saturated heterocycles. The summed E-state index contributed by atoms with van der Waals surface area (Å²) in [5, 5.41) is 0. The normalized spacial score (nSPS) is 11.2. The van der Waals surface area contributed by atoms with Crippen molar-refractivity contribution in [3.05, 3.63) is 65.6 Å². The molecule has 0 atom stereocenters. The second-order valence-electron chi connectivity index (χ2n) is 6.18. The van der Waals surface area contributed by atoms with Gasteiger partial charge in [-0.3, -0.25) is 0 Å². The first-order valence-electron chi connectivity index (χ1n) is 8.37. The van der Waals surface area contributed by atoms with E-state index >= 15 is 0 Å².